The van der Waals surface area contributed by atoms with Crippen LogP contribution in [0.2, 0.25) is 0 Å². The monoisotopic (exact) mass is 393 g/mol. The van der Waals surface area contributed by atoms with Crippen LogP contribution in [0, 0.1) is 5.82 Å². The zero-order chi connectivity index (χ0) is 17.5. The van der Waals surface area contributed by atoms with Crippen LogP contribution in [-0.2, 0) is 4.79 Å². The van der Waals surface area contributed by atoms with E-state index in [0.29, 0.717) is 5.56 Å². The van der Waals surface area contributed by atoms with Gasteiger partial charge in [0.1, 0.15) is 5.82 Å². The first kappa shape index (κ1) is 17.6. The van der Waals surface area contributed by atoms with Crippen LogP contribution in [0.25, 0.3) is 0 Å². The minimum Gasteiger partial charge on any atom is -0.343 e. The van der Waals surface area contributed by atoms with Crippen LogP contribution in [-0.4, -0.2) is 24.3 Å². The number of hydrogen-bond acceptors (Lipinski definition) is 3. The van der Waals surface area contributed by atoms with Gasteiger partial charge in [0.25, 0.3) is 17.7 Å². The molecule has 0 atom stereocenters. The van der Waals surface area contributed by atoms with E-state index in [9.17, 15) is 18.8 Å². The number of carbonyl (C=O) groups is 3. The quantitative estimate of drug-likeness (QED) is 0.691. The number of amides is 3. The van der Waals surface area contributed by atoms with E-state index in [2.05, 4.69) is 32.1 Å². The van der Waals surface area contributed by atoms with Crippen molar-refractivity contribution in [1.29, 1.82) is 0 Å². The normalized spacial score (nSPS) is 9.92. The molecular formula is C16H13BrFN3O3. The van der Waals surface area contributed by atoms with Crippen molar-refractivity contribution >= 4 is 33.7 Å². The molecule has 2 rings (SSSR count). The molecule has 0 aliphatic heterocycles. The fourth-order valence-electron chi connectivity index (χ4n) is 1.71. The molecule has 0 radical (unpaired) electrons. The second-order valence-electron chi connectivity index (χ2n) is 4.70. The zero-order valence-corrected chi connectivity index (χ0v) is 13.9. The molecule has 3 N–H and O–H groups in total. The maximum absolute atomic E-state index is 12.8. The van der Waals surface area contributed by atoms with Gasteiger partial charge in [-0.15, -0.1) is 0 Å². The summed E-state index contributed by atoms with van der Waals surface area (Å²) in [6.45, 7) is -0.307. The Labute approximate surface area is 145 Å². The van der Waals surface area contributed by atoms with E-state index < -0.39 is 23.5 Å². The molecule has 0 aromatic heterocycles. The van der Waals surface area contributed by atoms with Crippen molar-refractivity contribution in [3.63, 3.8) is 0 Å². The van der Waals surface area contributed by atoms with Crippen molar-refractivity contribution in [2.45, 2.75) is 0 Å². The molecular weight excluding hydrogens is 381 g/mol. The maximum atomic E-state index is 12.8. The predicted molar refractivity (Wildman–Crippen MR) is 88.5 cm³/mol. The molecule has 0 saturated carbocycles. The summed E-state index contributed by atoms with van der Waals surface area (Å²) in [4.78, 5) is 35.1. The first-order chi connectivity index (χ1) is 11.5. The average Bonchev–Trinajstić information content (AvgIpc) is 2.58. The molecule has 0 fully saturated rings. The largest absolute Gasteiger partial charge is 0.343 e. The molecule has 0 spiro atoms. The highest BCUT2D eigenvalue weighted by Gasteiger charge is 2.10. The number of benzene rings is 2. The van der Waals surface area contributed by atoms with Gasteiger partial charge in [0.15, 0.2) is 0 Å². The second kappa shape index (κ2) is 8.21. The topological polar surface area (TPSA) is 87.3 Å². The molecule has 8 heteroatoms. The van der Waals surface area contributed by atoms with Crippen LogP contribution in [0.4, 0.5) is 4.39 Å². The number of halogens is 2. The summed E-state index contributed by atoms with van der Waals surface area (Å²) in [6.07, 6.45) is 0. The third-order valence-electron chi connectivity index (χ3n) is 2.94. The van der Waals surface area contributed by atoms with Gasteiger partial charge in [0.05, 0.1) is 6.54 Å². The van der Waals surface area contributed by atoms with Crippen molar-refractivity contribution in [1.82, 2.24) is 16.2 Å². The van der Waals surface area contributed by atoms with E-state index in [1.807, 2.05) is 0 Å². The van der Waals surface area contributed by atoms with Crippen LogP contribution in [0.3, 0.4) is 0 Å². The fraction of sp³-hybridized carbons (Fsp3) is 0.0625. The maximum Gasteiger partial charge on any atom is 0.269 e. The van der Waals surface area contributed by atoms with Crippen LogP contribution in [0.15, 0.2) is 53.0 Å². The molecule has 0 aliphatic carbocycles. The van der Waals surface area contributed by atoms with Gasteiger partial charge >= 0.3 is 0 Å². The number of hydrazine groups is 1. The summed E-state index contributed by atoms with van der Waals surface area (Å²) in [5.74, 6) is -2.08. The molecule has 24 heavy (non-hydrogen) atoms. The van der Waals surface area contributed by atoms with Crippen molar-refractivity contribution in [3.8, 4) is 0 Å². The fourth-order valence-corrected chi connectivity index (χ4v) is 1.97. The molecule has 6 nitrogen and oxygen atoms in total. The van der Waals surface area contributed by atoms with E-state index in [1.165, 1.54) is 12.1 Å². The number of rotatable bonds is 4. The van der Waals surface area contributed by atoms with Crippen molar-refractivity contribution in [2.75, 3.05) is 6.54 Å². The Hall–Kier alpha value is -2.74. The van der Waals surface area contributed by atoms with E-state index in [0.717, 1.165) is 16.6 Å². The molecule has 2 aromatic carbocycles. The molecule has 2 aromatic rings. The van der Waals surface area contributed by atoms with E-state index >= 15 is 0 Å². The Balaban J connectivity index is 1.77. The molecule has 0 aliphatic rings. The van der Waals surface area contributed by atoms with E-state index in [-0.39, 0.29) is 12.1 Å². The number of carbonyl (C=O) groups excluding carboxylic acids is 3. The lowest BCUT2D eigenvalue weighted by molar-refractivity contribution is -0.120. The SMILES string of the molecule is O=C(CNC(=O)c1ccc(Br)cc1)NNC(=O)c1ccc(F)cc1. The summed E-state index contributed by atoms with van der Waals surface area (Å²) >= 11 is 3.26. The highest BCUT2D eigenvalue weighted by atomic mass is 79.9. The minimum atomic E-state index is -0.601. The Bertz CT molecular complexity index is 685. The molecule has 0 saturated heterocycles. The smallest absolute Gasteiger partial charge is 0.269 e. The Kier molecular flexibility index (Phi) is 6.02. The second-order valence-corrected chi connectivity index (χ2v) is 5.61. The highest BCUT2D eigenvalue weighted by Crippen LogP contribution is 2.10. The molecule has 0 heterocycles. The molecule has 124 valence electrons. The van der Waals surface area contributed by atoms with Crippen molar-refractivity contribution < 1.29 is 18.8 Å². The zero-order valence-electron chi connectivity index (χ0n) is 12.3. The van der Waals surface area contributed by atoms with Gasteiger partial charge in [-0.3, -0.25) is 25.2 Å². The molecule has 3 amide bonds. The average molecular weight is 394 g/mol. The van der Waals surface area contributed by atoms with Crippen LogP contribution >= 0.6 is 15.9 Å². The Morgan fingerprint density at radius 1 is 0.833 bits per heavy atom. The summed E-state index contributed by atoms with van der Waals surface area (Å²) in [6, 6.07) is 11.5. The van der Waals surface area contributed by atoms with Crippen LogP contribution < -0.4 is 16.2 Å². The highest BCUT2D eigenvalue weighted by molar-refractivity contribution is 9.10. The van der Waals surface area contributed by atoms with Gasteiger partial charge in [0, 0.05) is 15.6 Å². The van der Waals surface area contributed by atoms with Gasteiger partial charge in [0.2, 0.25) is 0 Å². The number of nitrogens with one attached hydrogen (secondary N) is 3. The van der Waals surface area contributed by atoms with Gasteiger partial charge in [-0.05, 0) is 48.5 Å². The summed E-state index contributed by atoms with van der Waals surface area (Å²) in [5, 5.41) is 2.42. The van der Waals surface area contributed by atoms with Gasteiger partial charge in [-0.2, -0.15) is 0 Å². The Morgan fingerprint density at radius 2 is 1.38 bits per heavy atom. The predicted octanol–water partition coefficient (Wildman–Crippen LogP) is 1.78. The number of hydrogen-bond donors (Lipinski definition) is 3. The lowest BCUT2D eigenvalue weighted by Crippen LogP contribution is -2.46. The molecule has 0 unspecified atom stereocenters. The van der Waals surface area contributed by atoms with Crippen molar-refractivity contribution in [3.05, 3.63) is 69.9 Å². The first-order valence-corrected chi connectivity index (χ1v) is 7.63. The summed E-state index contributed by atoms with van der Waals surface area (Å²) in [5.41, 5.74) is 4.92. The lowest BCUT2D eigenvalue weighted by atomic mass is 10.2. The van der Waals surface area contributed by atoms with Gasteiger partial charge < -0.3 is 5.32 Å². The first-order valence-electron chi connectivity index (χ1n) is 6.84. The van der Waals surface area contributed by atoms with E-state index in [1.54, 1.807) is 24.3 Å². The third kappa shape index (κ3) is 5.17. The standard InChI is InChI=1S/C16H13BrFN3O3/c17-12-5-1-10(2-6-12)15(23)19-9-14(22)20-21-16(24)11-3-7-13(18)8-4-11/h1-8H,9H2,(H,19,23)(H,20,22)(H,21,24). The summed E-state index contributed by atoms with van der Waals surface area (Å²) in [7, 11) is 0. The molecule has 0 bridgehead atoms. The minimum absolute atomic E-state index is 0.190. The van der Waals surface area contributed by atoms with E-state index in [4.69, 9.17) is 0 Å². The lowest BCUT2D eigenvalue weighted by Gasteiger charge is -2.08. The Morgan fingerprint density at radius 3 is 2.00 bits per heavy atom. The summed E-state index contributed by atoms with van der Waals surface area (Å²) < 4.78 is 13.6. The van der Waals surface area contributed by atoms with Gasteiger partial charge in [-0.1, -0.05) is 15.9 Å². The van der Waals surface area contributed by atoms with Crippen LogP contribution in [0.1, 0.15) is 20.7 Å². The van der Waals surface area contributed by atoms with Gasteiger partial charge in [-0.25, -0.2) is 4.39 Å². The van der Waals surface area contributed by atoms with Crippen LogP contribution in [0.5, 0.6) is 0 Å². The third-order valence-corrected chi connectivity index (χ3v) is 3.47. The van der Waals surface area contributed by atoms with Crippen molar-refractivity contribution in [2.24, 2.45) is 0 Å².